The zero-order valence-corrected chi connectivity index (χ0v) is 14.6. The van der Waals surface area contributed by atoms with Crippen molar-refractivity contribution in [2.45, 2.75) is 6.92 Å². The molecule has 0 aliphatic carbocycles. The van der Waals surface area contributed by atoms with Gasteiger partial charge in [-0.25, -0.2) is 9.78 Å². The minimum absolute atomic E-state index is 0.0777. The van der Waals surface area contributed by atoms with Gasteiger partial charge in [0.05, 0.1) is 6.61 Å². The van der Waals surface area contributed by atoms with E-state index in [0.29, 0.717) is 19.6 Å². The summed E-state index contributed by atoms with van der Waals surface area (Å²) in [4.78, 5) is 20.9. The molecule has 0 atom stereocenters. The number of rotatable bonds is 4. The SMILES string of the molecule is Cc1csc(-c2cccc(NC(=O)N3CCN(CCO)CC3)c2)n1. The first kappa shape index (κ1) is 16.9. The second-order valence-electron chi connectivity index (χ2n) is 5.86. The van der Waals surface area contributed by atoms with Gasteiger partial charge in [0.15, 0.2) is 0 Å². The summed E-state index contributed by atoms with van der Waals surface area (Å²) >= 11 is 1.60. The van der Waals surface area contributed by atoms with E-state index in [2.05, 4.69) is 15.2 Å². The van der Waals surface area contributed by atoms with Crippen molar-refractivity contribution in [1.29, 1.82) is 0 Å². The number of nitrogens with zero attached hydrogens (tertiary/aromatic N) is 3. The van der Waals surface area contributed by atoms with E-state index >= 15 is 0 Å². The fourth-order valence-electron chi connectivity index (χ4n) is 2.74. The third-order valence-electron chi connectivity index (χ3n) is 4.06. The van der Waals surface area contributed by atoms with E-state index in [1.54, 1.807) is 11.3 Å². The Bertz CT molecular complexity index is 695. The van der Waals surface area contributed by atoms with Crippen LogP contribution in [0.2, 0.25) is 0 Å². The molecule has 6 nitrogen and oxygen atoms in total. The number of amides is 2. The molecule has 0 unspecified atom stereocenters. The number of thiazole rings is 1. The largest absolute Gasteiger partial charge is 0.395 e. The minimum atomic E-state index is -0.0777. The maximum atomic E-state index is 12.4. The molecule has 1 aromatic heterocycles. The Labute approximate surface area is 145 Å². The van der Waals surface area contributed by atoms with Crippen molar-refractivity contribution in [2.24, 2.45) is 0 Å². The fraction of sp³-hybridized carbons (Fsp3) is 0.412. The summed E-state index contributed by atoms with van der Waals surface area (Å²) in [5.41, 5.74) is 2.80. The van der Waals surface area contributed by atoms with Gasteiger partial charge in [0.2, 0.25) is 0 Å². The number of carbonyl (C=O) groups is 1. The van der Waals surface area contributed by atoms with Gasteiger partial charge in [-0.05, 0) is 19.1 Å². The molecule has 1 saturated heterocycles. The lowest BCUT2D eigenvalue weighted by Gasteiger charge is -2.34. The Kier molecular flexibility index (Phi) is 5.44. The van der Waals surface area contributed by atoms with Crippen LogP contribution in [0.4, 0.5) is 10.5 Å². The topological polar surface area (TPSA) is 68.7 Å². The number of hydrogen-bond donors (Lipinski definition) is 2. The second-order valence-corrected chi connectivity index (χ2v) is 6.72. The minimum Gasteiger partial charge on any atom is -0.395 e. The zero-order valence-electron chi connectivity index (χ0n) is 13.7. The van der Waals surface area contributed by atoms with Gasteiger partial charge in [0.25, 0.3) is 0 Å². The molecule has 1 aromatic carbocycles. The number of urea groups is 1. The predicted molar refractivity (Wildman–Crippen MR) is 96.4 cm³/mol. The number of benzene rings is 1. The molecule has 3 rings (SSSR count). The summed E-state index contributed by atoms with van der Waals surface area (Å²) in [5.74, 6) is 0. The number of aliphatic hydroxyl groups excluding tert-OH is 1. The Morgan fingerprint density at radius 2 is 2.12 bits per heavy atom. The molecule has 2 N–H and O–H groups in total. The molecule has 2 amide bonds. The van der Waals surface area contributed by atoms with E-state index in [1.807, 2.05) is 41.5 Å². The molecule has 0 spiro atoms. The third kappa shape index (κ3) is 4.11. The van der Waals surface area contributed by atoms with Crippen LogP contribution in [0.3, 0.4) is 0 Å². The van der Waals surface area contributed by atoms with Gasteiger partial charge in [-0.2, -0.15) is 0 Å². The first-order valence-corrected chi connectivity index (χ1v) is 8.95. The molecule has 1 fully saturated rings. The summed E-state index contributed by atoms with van der Waals surface area (Å²) in [6.07, 6.45) is 0. The molecule has 0 bridgehead atoms. The van der Waals surface area contributed by atoms with Crippen LogP contribution in [-0.2, 0) is 0 Å². The maximum Gasteiger partial charge on any atom is 0.321 e. The zero-order chi connectivity index (χ0) is 16.9. The van der Waals surface area contributed by atoms with Crippen LogP contribution < -0.4 is 5.32 Å². The predicted octanol–water partition coefficient (Wildman–Crippen LogP) is 2.26. The number of aromatic nitrogens is 1. The van der Waals surface area contributed by atoms with Crippen molar-refractivity contribution < 1.29 is 9.90 Å². The Balaban J connectivity index is 1.61. The van der Waals surface area contributed by atoms with Gasteiger partial charge >= 0.3 is 6.03 Å². The number of carbonyl (C=O) groups excluding carboxylic acids is 1. The maximum absolute atomic E-state index is 12.4. The van der Waals surface area contributed by atoms with Crippen LogP contribution in [-0.4, -0.2) is 65.3 Å². The molecule has 1 aliphatic heterocycles. The van der Waals surface area contributed by atoms with Crippen LogP contribution in [0.15, 0.2) is 29.6 Å². The highest BCUT2D eigenvalue weighted by atomic mass is 32.1. The number of β-amino-alcohol motifs (C(OH)–C–C–N with tert-alkyl or cyclic N) is 1. The molecule has 24 heavy (non-hydrogen) atoms. The summed E-state index contributed by atoms with van der Waals surface area (Å²) in [6, 6.07) is 7.70. The first-order valence-electron chi connectivity index (χ1n) is 8.07. The number of aryl methyl sites for hydroxylation is 1. The van der Waals surface area contributed by atoms with Crippen molar-refractivity contribution in [3.8, 4) is 10.6 Å². The van der Waals surface area contributed by atoms with Crippen LogP contribution in [0.1, 0.15) is 5.69 Å². The molecule has 2 heterocycles. The number of anilines is 1. The molecule has 2 aromatic rings. The van der Waals surface area contributed by atoms with Crippen molar-refractivity contribution in [1.82, 2.24) is 14.8 Å². The van der Waals surface area contributed by atoms with Gasteiger partial charge in [-0.1, -0.05) is 12.1 Å². The van der Waals surface area contributed by atoms with Crippen molar-refractivity contribution >= 4 is 23.1 Å². The summed E-state index contributed by atoms with van der Waals surface area (Å²) in [7, 11) is 0. The van der Waals surface area contributed by atoms with Crippen molar-refractivity contribution in [3.63, 3.8) is 0 Å². The first-order chi connectivity index (χ1) is 11.7. The van der Waals surface area contributed by atoms with Crippen LogP contribution >= 0.6 is 11.3 Å². The fourth-order valence-corrected chi connectivity index (χ4v) is 3.53. The van der Waals surface area contributed by atoms with E-state index in [9.17, 15) is 4.79 Å². The van der Waals surface area contributed by atoms with E-state index in [1.165, 1.54) is 0 Å². The average Bonchev–Trinajstić information content (AvgIpc) is 3.03. The smallest absolute Gasteiger partial charge is 0.321 e. The van der Waals surface area contributed by atoms with E-state index in [-0.39, 0.29) is 12.6 Å². The van der Waals surface area contributed by atoms with Crippen molar-refractivity contribution in [2.75, 3.05) is 44.6 Å². The molecule has 7 heteroatoms. The molecule has 0 radical (unpaired) electrons. The van der Waals surface area contributed by atoms with Crippen LogP contribution in [0.25, 0.3) is 10.6 Å². The van der Waals surface area contributed by atoms with Gasteiger partial charge in [-0.15, -0.1) is 11.3 Å². The van der Waals surface area contributed by atoms with Gasteiger partial charge in [0, 0.05) is 55.0 Å². The molecule has 1 aliphatic rings. The number of nitrogens with one attached hydrogen (secondary N) is 1. The van der Waals surface area contributed by atoms with Gasteiger partial charge in [-0.3, -0.25) is 4.90 Å². The molecule has 0 saturated carbocycles. The average molecular weight is 346 g/mol. The highest BCUT2D eigenvalue weighted by Crippen LogP contribution is 2.26. The number of piperazine rings is 1. The Hall–Kier alpha value is -1.96. The number of aliphatic hydroxyl groups is 1. The Morgan fingerprint density at radius 3 is 2.79 bits per heavy atom. The lowest BCUT2D eigenvalue weighted by atomic mass is 10.2. The molecule has 128 valence electrons. The standard InChI is InChI=1S/C17H22N4O2S/c1-13-12-24-16(18-13)14-3-2-4-15(11-14)19-17(23)21-7-5-20(6-8-21)9-10-22/h2-4,11-12,22H,5-10H2,1H3,(H,19,23). The second kappa shape index (κ2) is 7.74. The normalized spacial score (nSPS) is 15.5. The molecular formula is C17H22N4O2S. The van der Waals surface area contributed by atoms with Crippen LogP contribution in [0.5, 0.6) is 0 Å². The van der Waals surface area contributed by atoms with Crippen LogP contribution in [0, 0.1) is 6.92 Å². The van der Waals surface area contributed by atoms with E-state index in [4.69, 9.17) is 5.11 Å². The quantitative estimate of drug-likeness (QED) is 0.891. The van der Waals surface area contributed by atoms with Gasteiger partial charge in [0.1, 0.15) is 5.01 Å². The lowest BCUT2D eigenvalue weighted by Crippen LogP contribution is -2.50. The summed E-state index contributed by atoms with van der Waals surface area (Å²) in [5, 5.41) is 14.9. The summed E-state index contributed by atoms with van der Waals surface area (Å²) in [6.45, 7) is 5.76. The number of hydrogen-bond acceptors (Lipinski definition) is 5. The molecular weight excluding hydrogens is 324 g/mol. The van der Waals surface area contributed by atoms with E-state index < -0.39 is 0 Å². The monoisotopic (exact) mass is 346 g/mol. The Morgan fingerprint density at radius 1 is 1.33 bits per heavy atom. The highest BCUT2D eigenvalue weighted by molar-refractivity contribution is 7.13. The summed E-state index contributed by atoms with van der Waals surface area (Å²) < 4.78 is 0. The lowest BCUT2D eigenvalue weighted by molar-refractivity contribution is 0.127. The van der Waals surface area contributed by atoms with Gasteiger partial charge < -0.3 is 15.3 Å². The van der Waals surface area contributed by atoms with E-state index in [0.717, 1.165) is 35.0 Å². The van der Waals surface area contributed by atoms with Crippen molar-refractivity contribution in [3.05, 3.63) is 35.3 Å². The third-order valence-corrected chi connectivity index (χ3v) is 5.06. The highest BCUT2D eigenvalue weighted by Gasteiger charge is 2.20.